The molecule has 2 fully saturated rings. The Labute approximate surface area is 84.7 Å². The first-order chi connectivity index (χ1) is 6.40. The normalized spacial score (nSPS) is 32.5. The van der Waals surface area contributed by atoms with Crippen molar-refractivity contribution in [3.63, 3.8) is 0 Å². The zero-order valence-corrected chi connectivity index (χ0v) is 8.93. The molecule has 0 aliphatic carbocycles. The molecule has 3 heteroatoms. The summed E-state index contributed by atoms with van der Waals surface area (Å²) in [5, 5.41) is 9.02. The summed E-state index contributed by atoms with van der Waals surface area (Å²) >= 11 is 2.09. The number of nitrogens with zero attached hydrogens (tertiary/aromatic N) is 1. The molecule has 13 heavy (non-hydrogen) atoms. The molecule has 0 aromatic carbocycles. The Hall–Kier alpha value is 0.270. The number of aliphatic hydroxyl groups excluding tert-OH is 1. The van der Waals surface area contributed by atoms with Crippen LogP contribution in [-0.4, -0.2) is 47.3 Å². The van der Waals surface area contributed by atoms with Crippen molar-refractivity contribution < 1.29 is 5.11 Å². The van der Waals surface area contributed by atoms with Gasteiger partial charge in [-0.3, -0.25) is 4.90 Å². The Morgan fingerprint density at radius 2 is 2.00 bits per heavy atom. The lowest BCUT2D eigenvalue weighted by Crippen LogP contribution is -2.42. The SMILES string of the molecule is OCC1CCN([C@H]2CCSC2)CC1. The van der Waals surface area contributed by atoms with Gasteiger partial charge in [0, 0.05) is 18.4 Å². The van der Waals surface area contributed by atoms with E-state index in [1.807, 2.05) is 0 Å². The molecule has 1 N–H and O–H groups in total. The van der Waals surface area contributed by atoms with Crippen molar-refractivity contribution in [2.75, 3.05) is 31.2 Å². The van der Waals surface area contributed by atoms with Crippen molar-refractivity contribution in [3.8, 4) is 0 Å². The highest BCUT2D eigenvalue weighted by molar-refractivity contribution is 7.99. The van der Waals surface area contributed by atoms with Gasteiger partial charge in [0.2, 0.25) is 0 Å². The zero-order chi connectivity index (χ0) is 9.10. The van der Waals surface area contributed by atoms with E-state index < -0.39 is 0 Å². The van der Waals surface area contributed by atoms with Crippen molar-refractivity contribution in [2.24, 2.45) is 5.92 Å². The van der Waals surface area contributed by atoms with Crippen LogP contribution in [0.3, 0.4) is 0 Å². The molecule has 0 aromatic heterocycles. The number of likely N-dealkylation sites (tertiary alicyclic amines) is 1. The molecule has 0 saturated carbocycles. The van der Waals surface area contributed by atoms with Crippen molar-refractivity contribution in [3.05, 3.63) is 0 Å². The van der Waals surface area contributed by atoms with E-state index in [4.69, 9.17) is 5.11 Å². The highest BCUT2D eigenvalue weighted by Crippen LogP contribution is 2.26. The maximum Gasteiger partial charge on any atom is 0.0460 e. The highest BCUT2D eigenvalue weighted by Gasteiger charge is 2.26. The second kappa shape index (κ2) is 4.67. The molecule has 0 aromatic rings. The van der Waals surface area contributed by atoms with Crippen LogP contribution in [0.2, 0.25) is 0 Å². The summed E-state index contributed by atoms with van der Waals surface area (Å²) in [5.41, 5.74) is 0. The number of aliphatic hydroxyl groups is 1. The van der Waals surface area contributed by atoms with Crippen molar-refractivity contribution in [1.29, 1.82) is 0 Å². The third kappa shape index (κ3) is 2.39. The first-order valence-corrected chi connectivity index (χ1v) is 6.48. The lowest BCUT2D eigenvalue weighted by atomic mass is 9.96. The predicted molar refractivity (Wildman–Crippen MR) is 57.1 cm³/mol. The Morgan fingerprint density at radius 3 is 2.54 bits per heavy atom. The summed E-state index contributed by atoms with van der Waals surface area (Å²) in [7, 11) is 0. The summed E-state index contributed by atoms with van der Waals surface area (Å²) in [4.78, 5) is 2.63. The lowest BCUT2D eigenvalue weighted by Gasteiger charge is -2.35. The molecule has 0 spiro atoms. The van der Waals surface area contributed by atoms with Crippen LogP contribution in [0.15, 0.2) is 0 Å². The van der Waals surface area contributed by atoms with Gasteiger partial charge in [-0.2, -0.15) is 11.8 Å². The second-order valence-corrected chi connectivity index (χ2v) is 5.33. The molecule has 2 heterocycles. The fraction of sp³-hybridized carbons (Fsp3) is 1.00. The minimum atomic E-state index is 0.396. The number of piperidine rings is 1. The van der Waals surface area contributed by atoms with Crippen LogP contribution in [0, 0.1) is 5.92 Å². The largest absolute Gasteiger partial charge is 0.396 e. The molecule has 2 nitrogen and oxygen atoms in total. The predicted octanol–water partition coefficient (Wildman–Crippen LogP) is 1.20. The van der Waals surface area contributed by atoms with Gasteiger partial charge in [0.05, 0.1) is 0 Å². The van der Waals surface area contributed by atoms with E-state index in [2.05, 4.69) is 16.7 Å². The molecule has 2 aliphatic rings. The van der Waals surface area contributed by atoms with E-state index in [0.717, 1.165) is 6.04 Å². The quantitative estimate of drug-likeness (QED) is 0.726. The fourth-order valence-corrected chi connectivity index (χ4v) is 3.57. The molecule has 0 unspecified atom stereocenters. The molecule has 0 amide bonds. The van der Waals surface area contributed by atoms with Crippen molar-refractivity contribution in [2.45, 2.75) is 25.3 Å². The van der Waals surface area contributed by atoms with E-state index in [-0.39, 0.29) is 0 Å². The maximum absolute atomic E-state index is 9.02. The third-order valence-corrected chi connectivity index (χ3v) is 4.47. The van der Waals surface area contributed by atoms with Gasteiger partial charge in [0.1, 0.15) is 0 Å². The van der Waals surface area contributed by atoms with E-state index in [0.29, 0.717) is 12.5 Å². The van der Waals surface area contributed by atoms with E-state index in [1.54, 1.807) is 0 Å². The number of hydrogen-bond acceptors (Lipinski definition) is 3. The molecule has 1 atom stereocenters. The van der Waals surface area contributed by atoms with Crippen LogP contribution in [-0.2, 0) is 0 Å². The zero-order valence-electron chi connectivity index (χ0n) is 8.11. The Balaban J connectivity index is 1.77. The van der Waals surface area contributed by atoms with Crippen LogP contribution >= 0.6 is 11.8 Å². The van der Waals surface area contributed by atoms with Crippen LogP contribution in [0.4, 0.5) is 0 Å². The Bertz CT molecular complexity index is 151. The smallest absolute Gasteiger partial charge is 0.0460 e. The summed E-state index contributed by atoms with van der Waals surface area (Å²) < 4.78 is 0. The van der Waals surface area contributed by atoms with Gasteiger partial charge in [-0.15, -0.1) is 0 Å². The van der Waals surface area contributed by atoms with Crippen LogP contribution in [0.1, 0.15) is 19.3 Å². The summed E-state index contributed by atoms with van der Waals surface area (Å²) in [6, 6.07) is 0.852. The molecule has 0 radical (unpaired) electrons. The van der Waals surface area contributed by atoms with Gasteiger partial charge in [0.25, 0.3) is 0 Å². The Kier molecular flexibility index (Phi) is 3.52. The number of hydrogen-bond donors (Lipinski definition) is 1. The van der Waals surface area contributed by atoms with Gasteiger partial charge in [-0.1, -0.05) is 0 Å². The third-order valence-electron chi connectivity index (χ3n) is 3.33. The summed E-state index contributed by atoms with van der Waals surface area (Å²) in [5.74, 6) is 3.28. The first-order valence-electron chi connectivity index (χ1n) is 5.33. The number of thioether (sulfide) groups is 1. The average Bonchev–Trinajstić information content (AvgIpc) is 2.71. The van der Waals surface area contributed by atoms with Crippen LogP contribution < -0.4 is 0 Å². The standard InChI is InChI=1S/C10H19NOS/c12-7-9-1-4-11(5-2-9)10-3-6-13-8-10/h9-10,12H,1-8H2/t10-/m0/s1. The van der Waals surface area contributed by atoms with Crippen LogP contribution in [0.5, 0.6) is 0 Å². The lowest BCUT2D eigenvalue weighted by molar-refractivity contribution is 0.108. The van der Waals surface area contributed by atoms with E-state index in [9.17, 15) is 0 Å². The molecule has 2 saturated heterocycles. The Morgan fingerprint density at radius 1 is 1.23 bits per heavy atom. The van der Waals surface area contributed by atoms with Gasteiger partial charge in [-0.25, -0.2) is 0 Å². The monoisotopic (exact) mass is 201 g/mol. The molecule has 2 aliphatic heterocycles. The topological polar surface area (TPSA) is 23.5 Å². The van der Waals surface area contributed by atoms with Crippen molar-refractivity contribution >= 4 is 11.8 Å². The van der Waals surface area contributed by atoms with Gasteiger partial charge in [-0.05, 0) is 44.0 Å². The molecule has 0 bridgehead atoms. The second-order valence-electron chi connectivity index (χ2n) is 4.18. The summed E-state index contributed by atoms with van der Waals surface area (Å²) in [6.07, 6.45) is 3.80. The average molecular weight is 201 g/mol. The van der Waals surface area contributed by atoms with Gasteiger partial charge < -0.3 is 5.11 Å². The van der Waals surface area contributed by atoms with E-state index >= 15 is 0 Å². The molecule has 76 valence electrons. The number of rotatable bonds is 2. The van der Waals surface area contributed by atoms with Crippen LogP contribution in [0.25, 0.3) is 0 Å². The molecular formula is C10H19NOS. The maximum atomic E-state index is 9.02. The fourth-order valence-electron chi connectivity index (χ4n) is 2.31. The van der Waals surface area contributed by atoms with Gasteiger partial charge in [0.15, 0.2) is 0 Å². The summed E-state index contributed by atoms with van der Waals surface area (Å²) in [6.45, 7) is 2.83. The first kappa shape index (κ1) is 9.81. The van der Waals surface area contributed by atoms with E-state index in [1.165, 1.54) is 43.9 Å². The highest BCUT2D eigenvalue weighted by atomic mass is 32.2. The molecule has 2 rings (SSSR count). The van der Waals surface area contributed by atoms with Crippen molar-refractivity contribution in [1.82, 2.24) is 4.90 Å². The minimum Gasteiger partial charge on any atom is -0.396 e. The molecular weight excluding hydrogens is 182 g/mol. The van der Waals surface area contributed by atoms with Gasteiger partial charge >= 0.3 is 0 Å². The minimum absolute atomic E-state index is 0.396.